The molecule has 170 valence electrons. The number of likely N-dealkylation sites (tertiary alicyclic amines) is 1. The van der Waals surface area contributed by atoms with E-state index in [0.717, 1.165) is 24.9 Å². The van der Waals surface area contributed by atoms with Crippen molar-refractivity contribution in [2.24, 2.45) is 0 Å². The highest BCUT2D eigenvalue weighted by Gasteiger charge is 2.54. The lowest BCUT2D eigenvalue weighted by Crippen LogP contribution is -2.57. The largest absolute Gasteiger partial charge is 0.352 e. The number of unbranched alkanes of at least 4 members (excludes halogenated alkanes) is 1. The van der Waals surface area contributed by atoms with E-state index in [1.807, 2.05) is 49.1 Å². The van der Waals surface area contributed by atoms with Crippen molar-refractivity contribution >= 4 is 23.4 Å². The molecule has 1 aromatic rings. The molecule has 2 heterocycles. The predicted molar refractivity (Wildman–Crippen MR) is 121 cm³/mol. The average molecular weight is 429 g/mol. The Labute approximate surface area is 185 Å². The van der Waals surface area contributed by atoms with Crippen LogP contribution < -0.4 is 10.2 Å². The van der Waals surface area contributed by atoms with Gasteiger partial charge in [-0.15, -0.1) is 0 Å². The van der Waals surface area contributed by atoms with E-state index in [1.54, 1.807) is 4.90 Å². The summed E-state index contributed by atoms with van der Waals surface area (Å²) >= 11 is 0. The maximum absolute atomic E-state index is 13.6. The van der Waals surface area contributed by atoms with Gasteiger partial charge in [0.1, 0.15) is 12.1 Å². The predicted octanol–water partition coefficient (Wildman–Crippen LogP) is 2.76. The summed E-state index contributed by atoms with van der Waals surface area (Å²) in [5.74, 6) is 0.0504. The average Bonchev–Trinajstić information content (AvgIpc) is 3.04. The van der Waals surface area contributed by atoms with Gasteiger partial charge in [-0.25, -0.2) is 0 Å². The van der Waals surface area contributed by atoms with Crippen LogP contribution in [0.1, 0.15) is 59.3 Å². The molecule has 2 aliphatic rings. The zero-order valence-electron chi connectivity index (χ0n) is 19.1. The molecule has 31 heavy (non-hydrogen) atoms. The van der Waals surface area contributed by atoms with Gasteiger partial charge in [-0.3, -0.25) is 14.4 Å². The second-order valence-corrected chi connectivity index (χ2v) is 8.80. The molecule has 1 spiro atoms. The van der Waals surface area contributed by atoms with Crippen LogP contribution in [0.5, 0.6) is 0 Å². The van der Waals surface area contributed by atoms with Crippen LogP contribution in [0.4, 0.5) is 5.69 Å². The third kappa shape index (κ3) is 5.02. The van der Waals surface area contributed by atoms with E-state index in [2.05, 4.69) is 17.1 Å². The summed E-state index contributed by atoms with van der Waals surface area (Å²) in [6, 6.07) is 10.00. The van der Waals surface area contributed by atoms with Gasteiger partial charge in [0, 0.05) is 31.2 Å². The lowest BCUT2D eigenvalue weighted by atomic mass is 9.85. The number of anilines is 1. The number of rotatable bonds is 8. The molecule has 0 unspecified atom stereocenters. The number of nitrogens with zero attached hydrogens (tertiary/aromatic N) is 3. The van der Waals surface area contributed by atoms with Gasteiger partial charge in [-0.05, 0) is 44.7 Å². The maximum Gasteiger partial charge on any atom is 0.250 e. The number of hydrogen-bond donors (Lipinski definition) is 1. The van der Waals surface area contributed by atoms with E-state index in [9.17, 15) is 14.4 Å². The molecule has 0 aliphatic carbocycles. The van der Waals surface area contributed by atoms with Gasteiger partial charge in [-0.2, -0.15) is 0 Å². The summed E-state index contributed by atoms with van der Waals surface area (Å²) in [7, 11) is 0. The van der Waals surface area contributed by atoms with Gasteiger partial charge in [0.05, 0.1) is 6.67 Å². The first-order chi connectivity index (χ1) is 14.9. The first kappa shape index (κ1) is 23.1. The maximum atomic E-state index is 13.6. The summed E-state index contributed by atoms with van der Waals surface area (Å²) in [5, 5.41) is 2.96. The molecule has 2 saturated heterocycles. The highest BCUT2D eigenvalue weighted by Crippen LogP contribution is 2.39. The van der Waals surface area contributed by atoms with Crippen molar-refractivity contribution in [2.75, 3.05) is 31.2 Å². The normalized spacial score (nSPS) is 19.1. The summed E-state index contributed by atoms with van der Waals surface area (Å²) in [6.45, 7) is 7.67. The Morgan fingerprint density at radius 1 is 1.13 bits per heavy atom. The molecule has 3 amide bonds. The Hall–Kier alpha value is -2.57. The Balaban J connectivity index is 1.77. The Morgan fingerprint density at radius 3 is 2.42 bits per heavy atom. The number of hydrogen-bond acceptors (Lipinski definition) is 4. The first-order valence-electron chi connectivity index (χ1n) is 11.6. The molecular formula is C24H36N4O3. The highest BCUT2D eigenvalue weighted by molar-refractivity contribution is 5.96. The zero-order chi connectivity index (χ0) is 22.4. The molecule has 0 bridgehead atoms. The number of carbonyl (C=O) groups is 3. The molecule has 2 fully saturated rings. The van der Waals surface area contributed by atoms with Crippen molar-refractivity contribution < 1.29 is 14.4 Å². The first-order valence-corrected chi connectivity index (χ1v) is 11.6. The number of nitrogens with one attached hydrogen (secondary N) is 1. The van der Waals surface area contributed by atoms with E-state index in [-0.39, 0.29) is 30.3 Å². The molecule has 7 nitrogen and oxygen atoms in total. The van der Waals surface area contributed by atoms with E-state index >= 15 is 0 Å². The Bertz CT molecular complexity index is 774. The van der Waals surface area contributed by atoms with Crippen LogP contribution in [0.3, 0.4) is 0 Å². The van der Waals surface area contributed by atoms with Gasteiger partial charge in [0.2, 0.25) is 11.8 Å². The molecule has 1 N–H and O–H groups in total. The summed E-state index contributed by atoms with van der Waals surface area (Å²) in [6.07, 6.45) is 4.49. The number of piperidine rings is 1. The van der Waals surface area contributed by atoms with Crippen LogP contribution in [0, 0.1) is 0 Å². The lowest BCUT2D eigenvalue weighted by molar-refractivity contribution is -0.140. The summed E-state index contributed by atoms with van der Waals surface area (Å²) in [5.41, 5.74) is 0.283. The fourth-order valence-corrected chi connectivity index (χ4v) is 4.53. The Morgan fingerprint density at radius 2 is 1.81 bits per heavy atom. The molecule has 1 aromatic carbocycles. The minimum atomic E-state index is -0.695. The fourth-order valence-electron chi connectivity index (χ4n) is 4.53. The minimum Gasteiger partial charge on any atom is -0.352 e. The fraction of sp³-hybridized carbons (Fsp3) is 0.625. The van der Waals surface area contributed by atoms with Crippen molar-refractivity contribution in [1.29, 1.82) is 0 Å². The number of benzene rings is 1. The van der Waals surface area contributed by atoms with Gasteiger partial charge in [0.15, 0.2) is 0 Å². The van der Waals surface area contributed by atoms with Crippen molar-refractivity contribution in [2.45, 2.75) is 70.9 Å². The molecule has 3 rings (SSSR count). The van der Waals surface area contributed by atoms with Crippen LogP contribution in [0.2, 0.25) is 0 Å². The quantitative estimate of drug-likeness (QED) is 0.691. The monoisotopic (exact) mass is 428 g/mol. The standard InChI is InChI=1S/C24H36N4O3/c1-4-6-12-22(30)26-15-13-24(14-16-26)23(31)27(17-21(29)25-19(3)5-2)18-28(24)20-10-8-7-9-11-20/h7-11,19H,4-6,12-18H2,1-3H3,(H,25,29)/t19-/m1/s1. The topological polar surface area (TPSA) is 73.0 Å². The van der Waals surface area contributed by atoms with Crippen LogP contribution >= 0.6 is 0 Å². The van der Waals surface area contributed by atoms with E-state index in [1.165, 1.54) is 0 Å². The Kier molecular flexibility index (Phi) is 7.57. The van der Waals surface area contributed by atoms with Crippen molar-refractivity contribution in [3.05, 3.63) is 30.3 Å². The smallest absolute Gasteiger partial charge is 0.250 e. The SMILES string of the molecule is CCCCC(=O)N1CCC2(CC1)C(=O)N(CC(=O)N[C@H](C)CC)CN2c1ccccc1. The van der Waals surface area contributed by atoms with Crippen molar-refractivity contribution in [3.8, 4) is 0 Å². The molecular weight excluding hydrogens is 392 g/mol. The van der Waals surface area contributed by atoms with E-state index < -0.39 is 5.54 Å². The molecule has 2 aliphatic heterocycles. The second kappa shape index (κ2) is 10.2. The van der Waals surface area contributed by atoms with Crippen molar-refractivity contribution in [3.63, 3.8) is 0 Å². The molecule has 0 radical (unpaired) electrons. The molecule has 7 heteroatoms. The molecule has 0 aromatic heterocycles. The third-order valence-electron chi connectivity index (χ3n) is 6.62. The number of amides is 3. The number of para-hydroxylation sites is 1. The second-order valence-electron chi connectivity index (χ2n) is 8.80. The third-order valence-corrected chi connectivity index (χ3v) is 6.62. The van der Waals surface area contributed by atoms with Crippen LogP contribution in [0.15, 0.2) is 30.3 Å². The number of carbonyl (C=O) groups excluding carboxylic acids is 3. The van der Waals surface area contributed by atoms with E-state index in [4.69, 9.17) is 0 Å². The van der Waals surface area contributed by atoms with Crippen LogP contribution in [-0.4, -0.2) is 65.4 Å². The molecule has 0 saturated carbocycles. The van der Waals surface area contributed by atoms with Gasteiger partial charge >= 0.3 is 0 Å². The van der Waals surface area contributed by atoms with Crippen LogP contribution in [0.25, 0.3) is 0 Å². The van der Waals surface area contributed by atoms with Gasteiger partial charge in [-0.1, -0.05) is 38.5 Å². The minimum absolute atomic E-state index is 0.00342. The summed E-state index contributed by atoms with van der Waals surface area (Å²) < 4.78 is 0. The lowest BCUT2D eigenvalue weighted by Gasteiger charge is -2.43. The van der Waals surface area contributed by atoms with E-state index in [0.29, 0.717) is 39.0 Å². The van der Waals surface area contributed by atoms with Gasteiger partial charge < -0.3 is 20.0 Å². The van der Waals surface area contributed by atoms with Crippen molar-refractivity contribution in [1.82, 2.24) is 15.1 Å². The van der Waals surface area contributed by atoms with Gasteiger partial charge in [0.25, 0.3) is 5.91 Å². The zero-order valence-corrected chi connectivity index (χ0v) is 19.1. The highest BCUT2D eigenvalue weighted by atomic mass is 16.2. The van der Waals surface area contributed by atoms with Crippen LogP contribution in [-0.2, 0) is 14.4 Å². The molecule has 1 atom stereocenters. The summed E-state index contributed by atoms with van der Waals surface area (Å²) in [4.78, 5) is 44.3.